The van der Waals surface area contributed by atoms with Crippen LogP contribution in [0.1, 0.15) is 18.2 Å². The lowest BCUT2D eigenvalue weighted by molar-refractivity contribution is 0.801. The van der Waals surface area contributed by atoms with Crippen LogP contribution in [0.25, 0.3) is 0 Å². The zero-order valence-corrected chi connectivity index (χ0v) is 12.1. The van der Waals surface area contributed by atoms with Crippen molar-refractivity contribution in [1.29, 1.82) is 0 Å². The summed E-state index contributed by atoms with van der Waals surface area (Å²) in [6.07, 6.45) is 4.67. The predicted molar refractivity (Wildman–Crippen MR) is 79.8 cm³/mol. The maximum Gasteiger partial charge on any atom is 0.129 e. The summed E-state index contributed by atoms with van der Waals surface area (Å²) in [6.45, 7) is 6.07. The molecule has 2 aromatic heterocycles. The fourth-order valence-corrected chi connectivity index (χ4v) is 2.31. The van der Waals surface area contributed by atoms with Gasteiger partial charge in [-0.15, -0.1) is 0 Å². The van der Waals surface area contributed by atoms with Crippen LogP contribution in [0, 0.1) is 6.92 Å². The molecule has 0 N–H and O–H groups in total. The molecule has 0 atom stereocenters. The number of halogens is 1. The zero-order chi connectivity index (χ0) is 13.7. The van der Waals surface area contributed by atoms with E-state index in [2.05, 4.69) is 33.9 Å². The topological polar surface area (TPSA) is 29.0 Å². The van der Waals surface area contributed by atoms with E-state index in [1.54, 1.807) is 0 Å². The standard InChI is InChI=1S/C15H18ClN3/c1-3-19(11-8-13-6-9-17-10-7-13)14-4-5-15(16)18-12(14)2/h4-7,9-10H,3,8,11H2,1-2H3. The van der Waals surface area contributed by atoms with Gasteiger partial charge in [-0.25, -0.2) is 4.98 Å². The van der Waals surface area contributed by atoms with Gasteiger partial charge >= 0.3 is 0 Å². The van der Waals surface area contributed by atoms with Crippen LogP contribution in [0.5, 0.6) is 0 Å². The second-order valence-electron chi connectivity index (χ2n) is 4.42. The number of anilines is 1. The molecule has 0 aliphatic carbocycles. The van der Waals surface area contributed by atoms with E-state index in [0.29, 0.717) is 5.15 Å². The molecular formula is C15H18ClN3. The molecular weight excluding hydrogens is 258 g/mol. The van der Waals surface area contributed by atoms with E-state index < -0.39 is 0 Å². The van der Waals surface area contributed by atoms with Gasteiger partial charge in [-0.3, -0.25) is 4.98 Å². The first-order chi connectivity index (χ1) is 9.20. The first-order valence-corrected chi connectivity index (χ1v) is 6.85. The quantitative estimate of drug-likeness (QED) is 0.782. The van der Waals surface area contributed by atoms with Gasteiger partial charge in [0.15, 0.2) is 0 Å². The molecule has 0 aliphatic heterocycles. The summed E-state index contributed by atoms with van der Waals surface area (Å²) in [6, 6.07) is 8.00. The molecule has 0 aliphatic rings. The van der Waals surface area contributed by atoms with Crippen molar-refractivity contribution < 1.29 is 0 Å². The van der Waals surface area contributed by atoms with E-state index in [9.17, 15) is 0 Å². The molecule has 0 amide bonds. The molecule has 0 fully saturated rings. The van der Waals surface area contributed by atoms with Crippen LogP contribution in [0.2, 0.25) is 5.15 Å². The Balaban J connectivity index is 2.08. The predicted octanol–water partition coefficient (Wildman–Crippen LogP) is 3.51. The van der Waals surface area contributed by atoms with Gasteiger partial charge in [0.25, 0.3) is 0 Å². The molecule has 2 heterocycles. The van der Waals surface area contributed by atoms with E-state index >= 15 is 0 Å². The number of likely N-dealkylation sites (N-methyl/N-ethyl adjacent to an activating group) is 1. The van der Waals surface area contributed by atoms with Gasteiger partial charge in [-0.2, -0.15) is 0 Å². The van der Waals surface area contributed by atoms with E-state index in [1.807, 2.05) is 31.5 Å². The Labute approximate surface area is 119 Å². The molecule has 0 radical (unpaired) electrons. The smallest absolute Gasteiger partial charge is 0.129 e. The summed E-state index contributed by atoms with van der Waals surface area (Å²) in [7, 11) is 0. The molecule has 100 valence electrons. The average molecular weight is 276 g/mol. The van der Waals surface area contributed by atoms with Crippen molar-refractivity contribution in [3.8, 4) is 0 Å². The molecule has 0 unspecified atom stereocenters. The molecule has 2 aromatic rings. The Bertz CT molecular complexity index is 528. The molecule has 0 bridgehead atoms. The summed E-state index contributed by atoms with van der Waals surface area (Å²) in [5.74, 6) is 0. The van der Waals surface area contributed by atoms with Gasteiger partial charge in [0.1, 0.15) is 5.15 Å². The van der Waals surface area contributed by atoms with Crippen molar-refractivity contribution in [3.63, 3.8) is 0 Å². The maximum absolute atomic E-state index is 5.90. The molecule has 2 rings (SSSR count). The lowest BCUT2D eigenvalue weighted by Crippen LogP contribution is -2.26. The Morgan fingerprint density at radius 2 is 1.89 bits per heavy atom. The third-order valence-electron chi connectivity index (χ3n) is 3.17. The highest BCUT2D eigenvalue weighted by Gasteiger charge is 2.08. The average Bonchev–Trinajstić information content (AvgIpc) is 2.42. The van der Waals surface area contributed by atoms with Gasteiger partial charge in [0.05, 0.1) is 11.4 Å². The number of aromatic nitrogens is 2. The molecule has 0 aromatic carbocycles. The van der Waals surface area contributed by atoms with Gasteiger partial charge in [-0.1, -0.05) is 11.6 Å². The first-order valence-electron chi connectivity index (χ1n) is 6.47. The summed E-state index contributed by atoms with van der Waals surface area (Å²) >= 11 is 5.90. The fourth-order valence-electron chi connectivity index (χ4n) is 2.12. The van der Waals surface area contributed by atoms with Crippen molar-refractivity contribution in [2.45, 2.75) is 20.3 Å². The minimum Gasteiger partial charge on any atom is -0.370 e. The van der Waals surface area contributed by atoms with Crippen LogP contribution in [-0.2, 0) is 6.42 Å². The van der Waals surface area contributed by atoms with Crippen molar-refractivity contribution in [1.82, 2.24) is 9.97 Å². The number of nitrogens with zero attached hydrogens (tertiary/aromatic N) is 3. The van der Waals surface area contributed by atoms with E-state index in [-0.39, 0.29) is 0 Å². The van der Waals surface area contributed by atoms with Gasteiger partial charge in [0, 0.05) is 25.5 Å². The maximum atomic E-state index is 5.90. The third-order valence-corrected chi connectivity index (χ3v) is 3.38. The van der Waals surface area contributed by atoms with Gasteiger partial charge in [-0.05, 0) is 50.1 Å². The van der Waals surface area contributed by atoms with E-state index in [0.717, 1.165) is 30.9 Å². The fraction of sp³-hybridized carbons (Fsp3) is 0.333. The Morgan fingerprint density at radius 1 is 1.16 bits per heavy atom. The lowest BCUT2D eigenvalue weighted by Gasteiger charge is -2.24. The minimum absolute atomic E-state index is 0.548. The number of hydrogen-bond acceptors (Lipinski definition) is 3. The summed E-state index contributed by atoms with van der Waals surface area (Å²) in [5.41, 5.74) is 3.43. The van der Waals surface area contributed by atoms with E-state index in [1.165, 1.54) is 5.56 Å². The van der Waals surface area contributed by atoms with Crippen LogP contribution in [0.4, 0.5) is 5.69 Å². The largest absolute Gasteiger partial charge is 0.370 e. The van der Waals surface area contributed by atoms with Crippen LogP contribution in [-0.4, -0.2) is 23.1 Å². The zero-order valence-electron chi connectivity index (χ0n) is 11.3. The summed E-state index contributed by atoms with van der Waals surface area (Å²) in [4.78, 5) is 10.7. The Kier molecular flexibility index (Phi) is 4.74. The number of pyridine rings is 2. The van der Waals surface area contributed by atoms with Crippen LogP contribution >= 0.6 is 11.6 Å². The monoisotopic (exact) mass is 275 g/mol. The first kappa shape index (κ1) is 13.8. The highest BCUT2D eigenvalue weighted by atomic mass is 35.5. The third kappa shape index (κ3) is 3.67. The second kappa shape index (κ2) is 6.53. The molecule has 3 nitrogen and oxygen atoms in total. The normalized spacial score (nSPS) is 10.5. The molecule has 0 spiro atoms. The second-order valence-corrected chi connectivity index (χ2v) is 4.81. The van der Waals surface area contributed by atoms with Gasteiger partial charge in [0.2, 0.25) is 0 Å². The molecule has 4 heteroatoms. The SMILES string of the molecule is CCN(CCc1ccncc1)c1ccc(Cl)nc1C. The molecule has 0 saturated heterocycles. The van der Waals surface area contributed by atoms with Crippen molar-refractivity contribution in [3.05, 3.63) is 53.1 Å². The summed E-state index contributed by atoms with van der Waals surface area (Å²) < 4.78 is 0. The van der Waals surface area contributed by atoms with Crippen LogP contribution in [0.3, 0.4) is 0 Å². The van der Waals surface area contributed by atoms with Gasteiger partial charge < -0.3 is 4.90 Å². The highest BCUT2D eigenvalue weighted by molar-refractivity contribution is 6.29. The number of aryl methyl sites for hydroxylation is 1. The van der Waals surface area contributed by atoms with Crippen molar-refractivity contribution in [2.75, 3.05) is 18.0 Å². The lowest BCUT2D eigenvalue weighted by atomic mass is 10.2. The molecule has 19 heavy (non-hydrogen) atoms. The van der Waals surface area contributed by atoms with Crippen LogP contribution < -0.4 is 4.90 Å². The summed E-state index contributed by atoms with van der Waals surface area (Å²) in [5, 5.41) is 0.548. The van der Waals surface area contributed by atoms with E-state index in [4.69, 9.17) is 11.6 Å². The Hall–Kier alpha value is -1.61. The number of hydrogen-bond donors (Lipinski definition) is 0. The minimum atomic E-state index is 0.548. The van der Waals surface area contributed by atoms with Crippen molar-refractivity contribution >= 4 is 17.3 Å². The Morgan fingerprint density at radius 3 is 2.53 bits per heavy atom. The highest BCUT2D eigenvalue weighted by Crippen LogP contribution is 2.20. The van der Waals surface area contributed by atoms with Crippen molar-refractivity contribution in [2.24, 2.45) is 0 Å². The molecule has 0 saturated carbocycles. The number of rotatable bonds is 5. The van der Waals surface area contributed by atoms with Crippen LogP contribution in [0.15, 0.2) is 36.7 Å².